The van der Waals surface area contributed by atoms with Gasteiger partial charge in [0, 0.05) is 23.1 Å². The third-order valence-electron chi connectivity index (χ3n) is 3.60. The van der Waals surface area contributed by atoms with Gasteiger partial charge in [-0.1, -0.05) is 42.1 Å². The summed E-state index contributed by atoms with van der Waals surface area (Å²) in [5.41, 5.74) is 0.936. The van der Waals surface area contributed by atoms with Crippen LogP contribution in [0.5, 0.6) is 11.5 Å². The molecule has 0 atom stereocenters. The standard InChI is InChI=1S/C18H17N5O4S/c1-2-27-16-9-14(8-15(17(16)24)23(25)26)10-20-22-12-19-21-18(22)28-11-13-6-4-3-5-7-13/h3-10,12,24H,2,11H2,1H3/p-1/b20-10-. The summed E-state index contributed by atoms with van der Waals surface area (Å²) in [4.78, 5) is 10.4. The summed E-state index contributed by atoms with van der Waals surface area (Å²) in [5, 5.41) is 35.8. The van der Waals surface area contributed by atoms with Crippen molar-refractivity contribution in [3.05, 3.63) is 70.0 Å². The van der Waals surface area contributed by atoms with E-state index in [9.17, 15) is 15.2 Å². The van der Waals surface area contributed by atoms with Crippen molar-refractivity contribution in [1.82, 2.24) is 14.9 Å². The predicted molar refractivity (Wildman–Crippen MR) is 103 cm³/mol. The molecule has 2 aromatic carbocycles. The molecule has 0 aliphatic heterocycles. The van der Waals surface area contributed by atoms with E-state index in [1.807, 2.05) is 30.3 Å². The van der Waals surface area contributed by atoms with E-state index >= 15 is 0 Å². The zero-order chi connectivity index (χ0) is 19.9. The van der Waals surface area contributed by atoms with E-state index in [2.05, 4.69) is 15.3 Å². The van der Waals surface area contributed by atoms with Crippen LogP contribution in [0.15, 0.2) is 59.0 Å². The molecule has 3 aromatic rings. The Kier molecular flexibility index (Phi) is 6.22. The topological polar surface area (TPSA) is 118 Å². The molecule has 0 amide bonds. The van der Waals surface area contributed by atoms with Crippen LogP contribution in [0.4, 0.5) is 5.69 Å². The third kappa shape index (κ3) is 4.65. The molecular weight excluding hydrogens is 382 g/mol. The molecule has 0 aliphatic carbocycles. The molecule has 9 nitrogen and oxygen atoms in total. The predicted octanol–water partition coefficient (Wildman–Crippen LogP) is 2.83. The number of nitro groups is 1. The average Bonchev–Trinajstić information content (AvgIpc) is 3.15. The lowest BCUT2D eigenvalue weighted by molar-refractivity contribution is -0.398. The monoisotopic (exact) mass is 398 g/mol. The minimum absolute atomic E-state index is 0.0828. The first-order chi connectivity index (χ1) is 13.6. The Bertz CT molecular complexity index is 991. The van der Waals surface area contributed by atoms with Crippen LogP contribution < -0.4 is 9.84 Å². The number of rotatable bonds is 8. The highest BCUT2D eigenvalue weighted by atomic mass is 32.2. The molecule has 0 spiro atoms. The van der Waals surface area contributed by atoms with Gasteiger partial charge in [0.05, 0.1) is 17.7 Å². The van der Waals surface area contributed by atoms with Gasteiger partial charge in [-0.3, -0.25) is 10.1 Å². The van der Waals surface area contributed by atoms with Crippen LogP contribution in [0.3, 0.4) is 0 Å². The average molecular weight is 398 g/mol. The van der Waals surface area contributed by atoms with E-state index in [4.69, 9.17) is 4.74 Å². The second-order valence-electron chi connectivity index (χ2n) is 5.53. The van der Waals surface area contributed by atoms with Crippen molar-refractivity contribution in [2.45, 2.75) is 17.8 Å². The Hall–Kier alpha value is -3.40. The van der Waals surface area contributed by atoms with Crippen LogP contribution in [0.25, 0.3) is 0 Å². The van der Waals surface area contributed by atoms with Gasteiger partial charge in [-0.2, -0.15) is 9.78 Å². The smallest absolute Gasteiger partial charge is 0.266 e. The third-order valence-corrected chi connectivity index (χ3v) is 4.60. The van der Waals surface area contributed by atoms with Gasteiger partial charge < -0.3 is 9.84 Å². The van der Waals surface area contributed by atoms with Gasteiger partial charge in [-0.25, -0.2) is 0 Å². The second-order valence-corrected chi connectivity index (χ2v) is 6.48. The fraction of sp³-hybridized carbons (Fsp3) is 0.167. The maximum Gasteiger partial charge on any atom is 0.266 e. The molecular formula is C18H16N5O4S-. The van der Waals surface area contributed by atoms with Gasteiger partial charge in [-0.05, 0) is 18.6 Å². The zero-order valence-electron chi connectivity index (χ0n) is 14.9. The number of ether oxygens (including phenoxy) is 1. The Morgan fingerprint density at radius 2 is 2.11 bits per heavy atom. The zero-order valence-corrected chi connectivity index (χ0v) is 15.7. The molecule has 3 rings (SSSR count). The van der Waals surface area contributed by atoms with Crippen molar-refractivity contribution in [2.75, 3.05) is 6.61 Å². The maximum atomic E-state index is 12.0. The van der Waals surface area contributed by atoms with Gasteiger partial charge in [0.15, 0.2) is 0 Å². The molecule has 0 fully saturated rings. The minimum Gasteiger partial charge on any atom is -0.865 e. The SMILES string of the molecule is CCOc1cc(/C=N\n2cnnc2SCc2ccccc2)cc([N+](=O)[O-])c1[O-]. The van der Waals surface area contributed by atoms with Crippen molar-refractivity contribution >= 4 is 23.7 Å². The lowest BCUT2D eigenvalue weighted by Gasteiger charge is -2.14. The number of hydrogen-bond donors (Lipinski definition) is 0. The lowest BCUT2D eigenvalue weighted by atomic mass is 10.2. The number of benzene rings is 2. The van der Waals surface area contributed by atoms with Crippen LogP contribution in [0, 0.1) is 10.1 Å². The number of nitrogens with zero attached hydrogens (tertiary/aromatic N) is 5. The molecule has 28 heavy (non-hydrogen) atoms. The van der Waals surface area contributed by atoms with Crippen molar-refractivity contribution in [3.8, 4) is 11.5 Å². The maximum absolute atomic E-state index is 12.0. The normalized spacial score (nSPS) is 11.0. The molecule has 0 bridgehead atoms. The molecule has 0 saturated carbocycles. The molecule has 0 radical (unpaired) electrons. The molecule has 0 unspecified atom stereocenters. The Labute approximate surface area is 164 Å². The van der Waals surface area contributed by atoms with Crippen LogP contribution >= 0.6 is 11.8 Å². The Morgan fingerprint density at radius 1 is 1.32 bits per heavy atom. The molecule has 0 aliphatic rings. The van der Waals surface area contributed by atoms with Crippen LogP contribution in [0.2, 0.25) is 0 Å². The largest absolute Gasteiger partial charge is 0.865 e. The van der Waals surface area contributed by atoms with Crippen LogP contribution in [-0.4, -0.2) is 32.6 Å². The van der Waals surface area contributed by atoms with E-state index in [1.54, 1.807) is 6.92 Å². The second kappa shape index (κ2) is 9.00. The summed E-state index contributed by atoms with van der Waals surface area (Å²) < 4.78 is 6.67. The first-order valence-corrected chi connectivity index (χ1v) is 9.30. The molecule has 1 aromatic heterocycles. The van der Waals surface area contributed by atoms with Crippen LogP contribution in [0.1, 0.15) is 18.1 Å². The molecule has 10 heteroatoms. The summed E-state index contributed by atoms with van der Waals surface area (Å²) >= 11 is 1.46. The van der Waals surface area contributed by atoms with Gasteiger partial charge in [0.2, 0.25) is 5.16 Å². The summed E-state index contributed by atoms with van der Waals surface area (Å²) in [6.07, 6.45) is 2.83. The number of aromatic nitrogens is 3. The highest BCUT2D eigenvalue weighted by molar-refractivity contribution is 7.98. The van der Waals surface area contributed by atoms with Gasteiger partial charge >= 0.3 is 0 Å². The molecule has 1 heterocycles. The van der Waals surface area contributed by atoms with E-state index in [0.29, 0.717) is 16.5 Å². The lowest BCUT2D eigenvalue weighted by Crippen LogP contribution is -2.04. The van der Waals surface area contributed by atoms with Crippen molar-refractivity contribution in [3.63, 3.8) is 0 Å². The highest BCUT2D eigenvalue weighted by Gasteiger charge is 2.13. The van der Waals surface area contributed by atoms with E-state index in [-0.39, 0.29) is 12.4 Å². The van der Waals surface area contributed by atoms with Gasteiger partial charge in [-0.15, -0.1) is 10.2 Å². The number of nitro benzene ring substituents is 1. The fourth-order valence-corrected chi connectivity index (χ4v) is 3.15. The summed E-state index contributed by atoms with van der Waals surface area (Å²) in [6, 6.07) is 12.5. The van der Waals surface area contributed by atoms with Crippen molar-refractivity contribution in [2.24, 2.45) is 5.10 Å². The summed E-state index contributed by atoms with van der Waals surface area (Å²) in [6.45, 7) is 1.91. The van der Waals surface area contributed by atoms with Crippen LogP contribution in [-0.2, 0) is 5.75 Å². The fourth-order valence-electron chi connectivity index (χ4n) is 2.33. The molecule has 0 saturated heterocycles. The molecule has 144 valence electrons. The first kappa shape index (κ1) is 19.4. The van der Waals surface area contributed by atoms with Crippen molar-refractivity contribution < 1.29 is 14.8 Å². The van der Waals surface area contributed by atoms with E-state index in [0.717, 1.165) is 11.6 Å². The van der Waals surface area contributed by atoms with E-state index < -0.39 is 16.4 Å². The number of thioether (sulfide) groups is 1. The summed E-state index contributed by atoms with van der Waals surface area (Å²) in [5.74, 6) is -0.145. The van der Waals surface area contributed by atoms with E-state index in [1.165, 1.54) is 35.0 Å². The van der Waals surface area contributed by atoms with Gasteiger partial charge in [0.1, 0.15) is 12.1 Å². The Morgan fingerprint density at radius 3 is 2.82 bits per heavy atom. The highest BCUT2D eigenvalue weighted by Crippen LogP contribution is 2.34. The Balaban J connectivity index is 1.80. The summed E-state index contributed by atoms with van der Waals surface area (Å²) in [7, 11) is 0. The first-order valence-electron chi connectivity index (χ1n) is 8.32. The quantitative estimate of drug-likeness (QED) is 0.248. The number of hydrogen-bond acceptors (Lipinski definition) is 8. The molecule has 0 N–H and O–H groups in total. The minimum atomic E-state index is -0.757. The van der Waals surface area contributed by atoms with Gasteiger partial charge in [0.25, 0.3) is 5.69 Å². The van der Waals surface area contributed by atoms with Crippen molar-refractivity contribution in [1.29, 1.82) is 0 Å².